The van der Waals surface area contributed by atoms with E-state index >= 15 is 0 Å². The molecule has 2 aliphatic rings. The first-order valence-electron chi connectivity index (χ1n) is 9.23. The number of carbonyl (C=O) groups excluding carboxylic acids is 1. The molecule has 1 aliphatic carbocycles. The van der Waals surface area contributed by atoms with Crippen LogP contribution in [0.1, 0.15) is 42.5 Å². The molecule has 4 atom stereocenters. The Morgan fingerprint density at radius 2 is 1.42 bits per heavy atom. The molecule has 2 bridgehead atoms. The second-order valence-electron chi connectivity index (χ2n) is 7.10. The van der Waals surface area contributed by atoms with Gasteiger partial charge in [-0.25, -0.2) is 10.2 Å². The van der Waals surface area contributed by atoms with Crippen molar-refractivity contribution in [1.29, 1.82) is 0 Å². The van der Waals surface area contributed by atoms with Crippen LogP contribution >= 0.6 is 0 Å². The van der Waals surface area contributed by atoms with Crippen LogP contribution < -0.4 is 16.5 Å². The molecule has 0 spiro atoms. The summed E-state index contributed by atoms with van der Waals surface area (Å²) >= 11 is 0. The minimum Gasteiger partial charge on any atom is -0.350 e. The molecule has 4 rings (SSSR count). The summed E-state index contributed by atoms with van der Waals surface area (Å²) in [6.45, 7) is 0. The molecule has 0 aromatic heterocycles. The zero-order valence-corrected chi connectivity index (χ0v) is 14.6. The van der Waals surface area contributed by atoms with Gasteiger partial charge < -0.3 is 11.1 Å². The number of fused-ring (bicyclic) bond motifs is 2. The van der Waals surface area contributed by atoms with E-state index in [4.69, 9.17) is 5.73 Å². The first-order chi connectivity index (χ1) is 12.7. The lowest BCUT2D eigenvalue weighted by molar-refractivity contribution is 0.230. The quantitative estimate of drug-likeness (QED) is 0.742. The van der Waals surface area contributed by atoms with Gasteiger partial charge in [-0.3, -0.25) is 0 Å². The fourth-order valence-electron chi connectivity index (χ4n) is 4.49. The summed E-state index contributed by atoms with van der Waals surface area (Å²) in [6, 6.07) is 20.7. The maximum absolute atomic E-state index is 11.3. The summed E-state index contributed by atoms with van der Waals surface area (Å²) in [6.07, 6.45) is 3.28. The van der Waals surface area contributed by atoms with E-state index in [1.165, 1.54) is 17.5 Å². The summed E-state index contributed by atoms with van der Waals surface area (Å²) < 4.78 is 0. The number of amides is 2. The molecule has 0 radical (unpaired) electrons. The summed E-state index contributed by atoms with van der Waals surface area (Å²) in [4.78, 5) is 11.3. The van der Waals surface area contributed by atoms with Gasteiger partial charge in [0.1, 0.15) is 0 Å². The van der Waals surface area contributed by atoms with Crippen LogP contribution in [-0.4, -0.2) is 11.7 Å². The molecule has 1 saturated carbocycles. The lowest BCUT2D eigenvalue weighted by Gasteiger charge is -2.47. The molecular formula is C21H24N4O. The number of hydrogen-bond acceptors (Lipinski definition) is 3. The highest BCUT2D eigenvalue weighted by Crippen LogP contribution is 2.46. The predicted octanol–water partition coefficient (Wildman–Crippen LogP) is 3.51. The predicted molar refractivity (Wildman–Crippen MR) is 102 cm³/mol. The first kappa shape index (κ1) is 16.8. The Labute approximate surface area is 153 Å². The maximum Gasteiger partial charge on any atom is 0.332 e. The Morgan fingerprint density at radius 3 is 1.88 bits per heavy atom. The van der Waals surface area contributed by atoms with Gasteiger partial charge in [-0.1, -0.05) is 67.1 Å². The zero-order chi connectivity index (χ0) is 17.9. The Kier molecular flexibility index (Phi) is 4.71. The third-order valence-corrected chi connectivity index (χ3v) is 5.57. The van der Waals surface area contributed by atoms with Crippen molar-refractivity contribution in [2.45, 2.75) is 31.3 Å². The van der Waals surface area contributed by atoms with Gasteiger partial charge in [0, 0.05) is 29.6 Å². The van der Waals surface area contributed by atoms with Crippen molar-refractivity contribution in [3.05, 3.63) is 71.8 Å². The number of nitrogens with zero attached hydrogens (tertiary/aromatic N) is 1. The SMILES string of the molecule is NC(=O)NN=C1[C@H]2CCC[C@@H]1[C@H](c1ccccc1)N[C@@H]2c1ccccc1. The molecule has 5 nitrogen and oxygen atoms in total. The summed E-state index contributed by atoms with van der Waals surface area (Å²) in [5.74, 6) is 0.533. The minimum absolute atomic E-state index is 0.173. The number of nitrogens with one attached hydrogen (secondary N) is 2. The molecule has 5 heteroatoms. The van der Waals surface area contributed by atoms with Crippen LogP contribution in [-0.2, 0) is 0 Å². The Hall–Kier alpha value is -2.66. The van der Waals surface area contributed by atoms with E-state index < -0.39 is 6.03 Å². The van der Waals surface area contributed by atoms with Gasteiger partial charge in [0.25, 0.3) is 0 Å². The molecular weight excluding hydrogens is 324 g/mol. The summed E-state index contributed by atoms with van der Waals surface area (Å²) in [5.41, 5.74) is 11.3. The van der Waals surface area contributed by atoms with Crippen molar-refractivity contribution in [3.63, 3.8) is 0 Å². The minimum atomic E-state index is -0.610. The zero-order valence-electron chi connectivity index (χ0n) is 14.6. The average Bonchev–Trinajstić information content (AvgIpc) is 2.68. The van der Waals surface area contributed by atoms with Crippen LogP contribution in [0.2, 0.25) is 0 Å². The third kappa shape index (κ3) is 3.22. The molecule has 26 heavy (non-hydrogen) atoms. The molecule has 0 unspecified atom stereocenters. The van der Waals surface area contributed by atoms with E-state index in [1.807, 2.05) is 12.1 Å². The van der Waals surface area contributed by atoms with Gasteiger partial charge >= 0.3 is 6.03 Å². The molecule has 1 aliphatic heterocycles. The van der Waals surface area contributed by atoms with Crippen LogP contribution in [0, 0.1) is 11.8 Å². The van der Waals surface area contributed by atoms with Gasteiger partial charge in [0.05, 0.1) is 0 Å². The van der Waals surface area contributed by atoms with Crippen molar-refractivity contribution in [2.24, 2.45) is 22.7 Å². The van der Waals surface area contributed by atoms with Gasteiger partial charge in [-0.2, -0.15) is 5.10 Å². The molecule has 2 amide bonds. The standard InChI is InChI=1S/C21H24N4O/c22-21(26)25-24-20-16-12-7-13-17(20)19(15-10-5-2-6-11-15)23-18(16)14-8-3-1-4-9-14/h1-6,8-11,16-19,23H,7,12-13H2,(H3,22,25,26)/t16-,17+,18+,19-. The van der Waals surface area contributed by atoms with Crippen LogP contribution in [0.5, 0.6) is 0 Å². The summed E-state index contributed by atoms with van der Waals surface area (Å²) in [5, 5.41) is 8.35. The molecule has 1 saturated heterocycles. The van der Waals surface area contributed by atoms with E-state index in [2.05, 4.69) is 64.4 Å². The van der Waals surface area contributed by atoms with E-state index in [-0.39, 0.29) is 23.9 Å². The van der Waals surface area contributed by atoms with Crippen LogP contribution in [0.25, 0.3) is 0 Å². The number of hydrogen-bond donors (Lipinski definition) is 3. The average molecular weight is 348 g/mol. The van der Waals surface area contributed by atoms with Crippen molar-refractivity contribution in [3.8, 4) is 0 Å². The highest BCUT2D eigenvalue weighted by Gasteiger charge is 2.45. The molecule has 2 fully saturated rings. The molecule has 2 aromatic rings. The number of rotatable bonds is 3. The Bertz CT molecular complexity index is 735. The number of primary amides is 1. The Balaban J connectivity index is 1.76. The second-order valence-corrected chi connectivity index (χ2v) is 7.10. The normalized spacial score (nSPS) is 29.3. The smallest absolute Gasteiger partial charge is 0.332 e. The van der Waals surface area contributed by atoms with Gasteiger partial charge in [0.15, 0.2) is 0 Å². The van der Waals surface area contributed by atoms with Crippen molar-refractivity contribution in [1.82, 2.24) is 10.7 Å². The second kappa shape index (κ2) is 7.30. The number of urea groups is 1. The van der Waals surface area contributed by atoms with Crippen molar-refractivity contribution < 1.29 is 4.79 Å². The monoisotopic (exact) mass is 348 g/mol. The fourth-order valence-corrected chi connectivity index (χ4v) is 4.49. The summed E-state index contributed by atoms with van der Waals surface area (Å²) in [7, 11) is 0. The largest absolute Gasteiger partial charge is 0.350 e. The van der Waals surface area contributed by atoms with Gasteiger partial charge in [-0.05, 0) is 24.0 Å². The van der Waals surface area contributed by atoms with Crippen LogP contribution in [0.3, 0.4) is 0 Å². The van der Waals surface area contributed by atoms with Crippen LogP contribution in [0.4, 0.5) is 4.79 Å². The highest BCUT2D eigenvalue weighted by atomic mass is 16.2. The molecule has 1 heterocycles. The number of benzene rings is 2. The van der Waals surface area contributed by atoms with Crippen molar-refractivity contribution >= 4 is 11.7 Å². The van der Waals surface area contributed by atoms with E-state index in [9.17, 15) is 4.79 Å². The van der Waals surface area contributed by atoms with Gasteiger partial charge in [-0.15, -0.1) is 0 Å². The lowest BCUT2D eigenvalue weighted by Crippen LogP contribution is -2.51. The van der Waals surface area contributed by atoms with E-state index in [1.54, 1.807) is 0 Å². The highest BCUT2D eigenvalue weighted by molar-refractivity contribution is 5.92. The molecule has 4 N–H and O–H groups in total. The number of carbonyl (C=O) groups is 1. The van der Waals surface area contributed by atoms with Crippen LogP contribution in [0.15, 0.2) is 65.8 Å². The van der Waals surface area contributed by atoms with E-state index in [0.717, 1.165) is 18.6 Å². The van der Waals surface area contributed by atoms with Crippen molar-refractivity contribution in [2.75, 3.05) is 0 Å². The van der Waals surface area contributed by atoms with E-state index in [0.29, 0.717) is 0 Å². The third-order valence-electron chi connectivity index (χ3n) is 5.57. The first-order valence-corrected chi connectivity index (χ1v) is 9.23. The molecule has 134 valence electrons. The lowest BCUT2D eigenvalue weighted by atomic mass is 9.67. The number of nitrogens with two attached hydrogens (primary N) is 1. The molecule has 2 aromatic carbocycles. The fraction of sp³-hybridized carbons (Fsp3) is 0.333. The van der Waals surface area contributed by atoms with Gasteiger partial charge in [0.2, 0.25) is 0 Å². The number of piperidine rings is 1. The number of hydrazone groups is 1. The Morgan fingerprint density at radius 1 is 0.923 bits per heavy atom. The topological polar surface area (TPSA) is 79.5 Å². The maximum atomic E-state index is 11.3.